The van der Waals surface area contributed by atoms with Crippen molar-refractivity contribution in [2.24, 2.45) is 0 Å². The third kappa shape index (κ3) is 3.48. The molecule has 0 atom stereocenters. The van der Waals surface area contributed by atoms with E-state index >= 15 is 0 Å². The number of ketones is 1. The fourth-order valence-corrected chi connectivity index (χ4v) is 2.92. The lowest BCUT2D eigenvalue weighted by Crippen LogP contribution is -2.06. The molecular formula is C14H8Br2F2O. The van der Waals surface area contributed by atoms with Crippen molar-refractivity contribution in [3.63, 3.8) is 0 Å². The summed E-state index contributed by atoms with van der Waals surface area (Å²) in [6.07, 6.45) is -0.105. The molecular weight excluding hydrogens is 382 g/mol. The highest BCUT2D eigenvalue weighted by molar-refractivity contribution is 9.11. The zero-order chi connectivity index (χ0) is 14.0. The van der Waals surface area contributed by atoms with Crippen LogP contribution in [0.25, 0.3) is 0 Å². The minimum Gasteiger partial charge on any atom is -0.294 e. The lowest BCUT2D eigenvalue weighted by atomic mass is 10.0. The molecule has 0 fully saturated rings. The summed E-state index contributed by atoms with van der Waals surface area (Å²) in [5.74, 6) is -1.59. The molecule has 0 N–H and O–H groups in total. The Labute approximate surface area is 125 Å². The van der Waals surface area contributed by atoms with Crippen LogP contribution in [0.2, 0.25) is 0 Å². The largest absolute Gasteiger partial charge is 0.294 e. The maximum atomic E-state index is 13.5. The second-order valence-electron chi connectivity index (χ2n) is 3.96. The van der Waals surface area contributed by atoms with E-state index in [-0.39, 0.29) is 17.8 Å². The van der Waals surface area contributed by atoms with Gasteiger partial charge in [0, 0.05) is 27.0 Å². The van der Waals surface area contributed by atoms with Gasteiger partial charge in [0.15, 0.2) is 5.78 Å². The summed E-state index contributed by atoms with van der Waals surface area (Å²) in [6.45, 7) is 0. The molecule has 0 aliphatic rings. The Hall–Kier alpha value is -1.07. The Balaban J connectivity index is 2.25. The van der Waals surface area contributed by atoms with Crippen molar-refractivity contribution in [3.05, 3.63) is 68.1 Å². The van der Waals surface area contributed by atoms with E-state index < -0.39 is 11.6 Å². The highest BCUT2D eigenvalue weighted by Gasteiger charge is 2.14. The second-order valence-corrected chi connectivity index (χ2v) is 5.73. The SMILES string of the molecule is O=C(Cc1ccc(F)cc1F)c1ccc(Br)cc1Br. The molecule has 0 radical (unpaired) electrons. The van der Waals surface area contributed by atoms with E-state index in [1.54, 1.807) is 18.2 Å². The Morgan fingerprint density at radius 2 is 1.79 bits per heavy atom. The molecule has 0 aliphatic carbocycles. The third-order valence-electron chi connectivity index (χ3n) is 2.60. The van der Waals surface area contributed by atoms with Gasteiger partial charge in [-0.1, -0.05) is 37.9 Å². The van der Waals surface area contributed by atoms with Crippen molar-refractivity contribution in [1.29, 1.82) is 0 Å². The number of Topliss-reactive ketones (excluding diaryl/α,β-unsaturated/α-hetero) is 1. The van der Waals surface area contributed by atoms with Crippen LogP contribution in [0.4, 0.5) is 8.78 Å². The molecule has 0 amide bonds. The van der Waals surface area contributed by atoms with Gasteiger partial charge in [-0.3, -0.25) is 4.79 Å². The number of hydrogen-bond donors (Lipinski definition) is 0. The predicted octanol–water partition coefficient (Wildman–Crippen LogP) is 4.92. The molecule has 0 unspecified atom stereocenters. The van der Waals surface area contributed by atoms with Gasteiger partial charge in [-0.05, 0) is 29.8 Å². The lowest BCUT2D eigenvalue weighted by molar-refractivity contribution is 0.0991. The second kappa shape index (κ2) is 5.92. The summed E-state index contributed by atoms with van der Waals surface area (Å²) in [4.78, 5) is 12.1. The number of rotatable bonds is 3. The van der Waals surface area contributed by atoms with Crippen molar-refractivity contribution in [2.45, 2.75) is 6.42 Å². The zero-order valence-electron chi connectivity index (χ0n) is 9.59. The van der Waals surface area contributed by atoms with Gasteiger partial charge in [0.1, 0.15) is 11.6 Å². The van der Waals surface area contributed by atoms with E-state index in [2.05, 4.69) is 31.9 Å². The first-order valence-corrected chi connectivity index (χ1v) is 6.98. The fraction of sp³-hybridized carbons (Fsp3) is 0.0714. The molecule has 19 heavy (non-hydrogen) atoms. The summed E-state index contributed by atoms with van der Waals surface area (Å²) >= 11 is 6.58. The lowest BCUT2D eigenvalue weighted by Gasteiger charge is -2.05. The molecule has 2 aromatic rings. The highest BCUT2D eigenvalue weighted by Crippen LogP contribution is 2.23. The van der Waals surface area contributed by atoms with Crippen molar-refractivity contribution >= 4 is 37.6 Å². The maximum Gasteiger partial charge on any atom is 0.168 e. The molecule has 2 rings (SSSR count). The van der Waals surface area contributed by atoms with Crippen LogP contribution in [0, 0.1) is 11.6 Å². The minimum atomic E-state index is -0.707. The normalized spacial score (nSPS) is 10.5. The molecule has 0 aromatic heterocycles. The fourth-order valence-electron chi connectivity index (χ4n) is 1.65. The molecule has 98 valence electrons. The number of halogens is 4. The highest BCUT2D eigenvalue weighted by atomic mass is 79.9. The molecule has 0 saturated carbocycles. The number of carbonyl (C=O) groups excluding carboxylic acids is 1. The summed E-state index contributed by atoms with van der Waals surface area (Å²) in [7, 11) is 0. The Morgan fingerprint density at radius 1 is 1.05 bits per heavy atom. The van der Waals surface area contributed by atoms with Crippen LogP contribution in [-0.4, -0.2) is 5.78 Å². The van der Waals surface area contributed by atoms with Crippen LogP contribution in [0.15, 0.2) is 45.3 Å². The first-order valence-electron chi connectivity index (χ1n) is 5.39. The van der Waals surface area contributed by atoms with E-state index in [4.69, 9.17) is 0 Å². The van der Waals surface area contributed by atoms with E-state index in [9.17, 15) is 13.6 Å². The summed E-state index contributed by atoms with van der Waals surface area (Å²) < 4.78 is 27.7. The smallest absolute Gasteiger partial charge is 0.168 e. The predicted molar refractivity (Wildman–Crippen MR) is 76.2 cm³/mol. The molecule has 0 heterocycles. The van der Waals surface area contributed by atoms with Crippen LogP contribution < -0.4 is 0 Å². The van der Waals surface area contributed by atoms with Gasteiger partial charge >= 0.3 is 0 Å². The van der Waals surface area contributed by atoms with Crippen LogP contribution in [0.1, 0.15) is 15.9 Å². The van der Waals surface area contributed by atoms with Gasteiger partial charge in [0.05, 0.1) is 0 Å². The minimum absolute atomic E-state index is 0.105. The van der Waals surface area contributed by atoms with Gasteiger partial charge in [-0.25, -0.2) is 8.78 Å². The van der Waals surface area contributed by atoms with E-state index in [1.165, 1.54) is 6.07 Å². The first-order chi connectivity index (χ1) is 8.97. The van der Waals surface area contributed by atoms with Gasteiger partial charge in [0.25, 0.3) is 0 Å². The Bertz CT molecular complexity index is 641. The van der Waals surface area contributed by atoms with E-state index in [1.807, 2.05) is 0 Å². The average molecular weight is 390 g/mol. The standard InChI is InChI=1S/C14H8Br2F2O/c15-9-2-4-11(12(16)6-9)14(19)5-8-1-3-10(17)7-13(8)18/h1-4,6-7H,5H2. The van der Waals surface area contributed by atoms with Crippen LogP contribution in [0.5, 0.6) is 0 Å². The van der Waals surface area contributed by atoms with Crippen molar-refractivity contribution in [3.8, 4) is 0 Å². The average Bonchev–Trinajstić information content (AvgIpc) is 2.32. The summed E-state index contributed by atoms with van der Waals surface area (Å²) in [5, 5.41) is 0. The topological polar surface area (TPSA) is 17.1 Å². The third-order valence-corrected chi connectivity index (χ3v) is 3.75. The summed E-state index contributed by atoms with van der Waals surface area (Å²) in [5.41, 5.74) is 0.646. The number of carbonyl (C=O) groups is 1. The van der Waals surface area contributed by atoms with Crippen LogP contribution in [-0.2, 0) is 6.42 Å². The van der Waals surface area contributed by atoms with Crippen LogP contribution >= 0.6 is 31.9 Å². The molecule has 0 aliphatic heterocycles. The van der Waals surface area contributed by atoms with Crippen molar-refractivity contribution < 1.29 is 13.6 Å². The molecule has 0 spiro atoms. The molecule has 5 heteroatoms. The molecule has 0 saturated heterocycles. The van der Waals surface area contributed by atoms with Gasteiger partial charge in [-0.2, -0.15) is 0 Å². The Kier molecular flexibility index (Phi) is 4.47. The van der Waals surface area contributed by atoms with Gasteiger partial charge in [-0.15, -0.1) is 0 Å². The summed E-state index contributed by atoms with van der Waals surface area (Å²) in [6, 6.07) is 8.34. The number of hydrogen-bond acceptors (Lipinski definition) is 1. The number of benzene rings is 2. The Morgan fingerprint density at radius 3 is 2.42 bits per heavy atom. The van der Waals surface area contributed by atoms with E-state index in [0.717, 1.165) is 16.6 Å². The quantitative estimate of drug-likeness (QED) is 0.681. The maximum absolute atomic E-state index is 13.5. The van der Waals surface area contributed by atoms with Crippen molar-refractivity contribution in [1.82, 2.24) is 0 Å². The van der Waals surface area contributed by atoms with Gasteiger partial charge in [0.2, 0.25) is 0 Å². The van der Waals surface area contributed by atoms with Gasteiger partial charge < -0.3 is 0 Å². The monoisotopic (exact) mass is 388 g/mol. The van der Waals surface area contributed by atoms with Crippen LogP contribution in [0.3, 0.4) is 0 Å². The zero-order valence-corrected chi connectivity index (χ0v) is 12.8. The van der Waals surface area contributed by atoms with Crippen molar-refractivity contribution in [2.75, 3.05) is 0 Å². The molecule has 2 aromatic carbocycles. The first kappa shape index (κ1) is 14.3. The molecule has 0 bridgehead atoms. The van der Waals surface area contributed by atoms with E-state index in [0.29, 0.717) is 10.0 Å². The molecule has 1 nitrogen and oxygen atoms in total.